The average Bonchev–Trinajstić information content (AvgIpc) is 3.15. The molecule has 13 heteroatoms. The zero-order chi connectivity index (χ0) is 23.3. The van der Waals surface area contributed by atoms with Crippen LogP contribution in [-0.2, 0) is 14.8 Å². The number of hydrogen-bond acceptors (Lipinski definition) is 8. The maximum absolute atomic E-state index is 12.8. The van der Waals surface area contributed by atoms with E-state index >= 15 is 0 Å². The maximum atomic E-state index is 12.8. The molecule has 1 aromatic carbocycles. The Kier molecular flexibility index (Phi) is 7.72. The first-order valence-corrected chi connectivity index (χ1v) is 12.4. The van der Waals surface area contributed by atoms with Gasteiger partial charge in [0.15, 0.2) is 11.0 Å². The van der Waals surface area contributed by atoms with Gasteiger partial charge in [-0.25, -0.2) is 18.1 Å². The Morgan fingerprint density at radius 1 is 1.22 bits per heavy atom. The van der Waals surface area contributed by atoms with Crippen LogP contribution in [-0.4, -0.2) is 57.3 Å². The number of hydrogen-bond donors (Lipinski definition) is 2. The van der Waals surface area contributed by atoms with Crippen molar-refractivity contribution in [3.8, 4) is 11.4 Å². The summed E-state index contributed by atoms with van der Waals surface area (Å²) >= 11 is 7.02. The van der Waals surface area contributed by atoms with Gasteiger partial charge in [0.05, 0.1) is 16.3 Å². The predicted molar refractivity (Wildman–Crippen MR) is 124 cm³/mol. The number of nitrogens with two attached hydrogens (primary N) is 1. The molecule has 2 aromatic heterocycles. The molecule has 0 bridgehead atoms. The molecule has 0 fully saturated rings. The largest absolute Gasteiger partial charge is 0.335 e. The quantitative estimate of drug-likeness (QED) is 0.262. The molecule has 0 unspecified atom stereocenters. The number of sulfonamides is 1. The zero-order valence-electron chi connectivity index (χ0n) is 17.4. The van der Waals surface area contributed by atoms with Crippen LogP contribution >= 0.6 is 23.4 Å². The minimum atomic E-state index is -3.63. The third-order valence-corrected chi connectivity index (χ3v) is 7.76. The highest BCUT2D eigenvalue weighted by molar-refractivity contribution is 7.99. The van der Waals surface area contributed by atoms with E-state index in [0.29, 0.717) is 29.5 Å². The van der Waals surface area contributed by atoms with E-state index in [0.717, 1.165) is 11.8 Å². The second-order valence-electron chi connectivity index (χ2n) is 6.47. The van der Waals surface area contributed by atoms with Crippen LogP contribution in [0.25, 0.3) is 11.4 Å². The van der Waals surface area contributed by atoms with Crippen LogP contribution in [0.1, 0.15) is 13.8 Å². The number of carbonyl (C=O) groups is 1. The Morgan fingerprint density at radius 2 is 1.97 bits per heavy atom. The number of rotatable bonds is 9. The second kappa shape index (κ2) is 10.3. The van der Waals surface area contributed by atoms with E-state index in [2.05, 4.69) is 20.5 Å². The number of thioether (sulfide) groups is 1. The van der Waals surface area contributed by atoms with E-state index in [1.807, 2.05) is 0 Å². The molecule has 0 aliphatic carbocycles. The summed E-state index contributed by atoms with van der Waals surface area (Å²) in [6, 6.07) is 9.65. The standard InChI is InChI=1S/C19H22ClN7O3S2/c1-3-26(4-2)32(29,30)14-8-5-7-13(11-14)18-24-25-19(27(18)21)31-12-16(28)23-15-9-6-10-22-17(15)20/h5-11H,3-4,12,21H2,1-2H3,(H,23,28). The Bertz CT molecular complexity index is 1210. The number of anilines is 1. The molecule has 2 heterocycles. The van der Waals surface area contributed by atoms with Crippen LogP contribution < -0.4 is 11.2 Å². The van der Waals surface area contributed by atoms with Gasteiger partial charge in [-0.2, -0.15) is 4.31 Å². The molecule has 0 aliphatic heterocycles. The highest BCUT2D eigenvalue weighted by Crippen LogP contribution is 2.25. The second-order valence-corrected chi connectivity index (χ2v) is 9.71. The van der Waals surface area contributed by atoms with Gasteiger partial charge in [0.1, 0.15) is 0 Å². The van der Waals surface area contributed by atoms with Gasteiger partial charge in [-0.15, -0.1) is 10.2 Å². The first-order chi connectivity index (χ1) is 15.3. The molecule has 0 atom stereocenters. The summed E-state index contributed by atoms with van der Waals surface area (Å²) in [6.45, 7) is 4.29. The van der Waals surface area contributed by atoms with Crippen molar-refractivity contribution in [2.45, 2.75) is 23.9 Å². The summed E-state index contributed by atoms with van der Waals surface area (Å²) < 4.78 is 28.2. The molecular weight excluding hydrogens is 474 g/mol. The summed E-state index contributed by atoms with van der Waals surface area (Å²) in [7, 11) is -3.63. The molecule has 0 radical (unpaired) electrons. The molecule has 32 heavy (non-hydrogen) atoms. The van der Waals surface area contributed by atoms with Crippen molar-refractivity contribution >= 4 is 45.0 Å². The maximum Gasteiger partial charge on any atom is 0.243 e. The summed E-state index contributed by atoms with van der Waals surface area (Å²) in [4.78, 5) is 16.3. The summed E-state index contributed by atoms with van der Waals surface area (Å²) in [5, 5.41) is 11.2. The minimum Gasteiger partial charge on any atom is -0.335 e. The van der Waals surface area contributed by atoms with E-state index in [1.54, 1.807) is 38.1 Å². The van der Waals surface area contributed by atoms with E-state index in [4.69, 9.17) is 17.4 Å². The van der Waals surface area contributed by atoms with Crippen molar-refractivity contribution in [3.63, 3.8) is 0 Å². The van der Waals surface area contributed by atoms with Crippen molar-refractivity contribution in [1.29, 1.82) is 0 Å². The number of nitrogens with one attached hydrogen (secondary N) is 1. The lowest BCUT2D eigenvalue weighted by Gasteiger charge is -2.18. The smallest absolute Gasteiger partial charge is 0.243 e. The van der Waals surface area contributed by atoms with E-state index in [1.165, 1.54) is 27.3 Å². The van der Waals surface area contributed by atoms with E-state index in [-0.39, 0.29) is 27.5 Å². The first kappa shape index (κ1) is 24.0. The summed E-state index contributed by atoms with van der Waals surface area (Å²) in [5.41, 5.74) is 0.896. The van der Waals surface area contributed by atoms with Crippen LogP contribution in [0.3, 0.4) is 0 Å². The highest BCUT2D eigenvalue weighted by Gasteiger charge is 2.23. The molecule has 3 rings (SSSR count). The van der Waals surface area contributed by atoms with Crippen LogP contribution in [0.15, 0.2) is 52.6 Å². The number of amides is 1. The number of nitrogen functional groups attached to an aromatic ring is 1. The lowest BCUT2D eigenvalue weighted by Crippen LogP contribution is -2.30. The topological polar surface area (TPSA) is 136 Å². The number of carbonyl (C=O) groups excluding carboxylic acids is 1. The fourth-order valence-corrected chi connectivity index (χ4v) is 5.20. The van der Waals surface area contributed by atoms with E-state index in [9.17, 15) is 13.2 Å². The molecular formula is C19H22ClN7O3S2. The van der Waals surface area contributed by atoms with Gasteiger partial charge in [0.25, 0.3) is 0 Å². The van der Waals surface area contributed by atoms with E-state index < -0.39 is 10.0 Å². The van der Waals surface area contributed by atoms with Crippen LogP contribution in [0.2, 0.25) is 5.15 Å². The normalized spacial score (nSPS) is 11.6. The fourth-order valence-electron chi connectivity index (χ4n) is 2.88. The molecule has 0 saturated carbocycles. The van der Waals surface area contributed by atoms with Crippen LogP contribution in [0, 0.1) is 0 Å². The van der Waals surface area contributed by atoms with Gasteiger partial charge >= 0.3 is 0 Å². The number of aromatic nitrogens is 4. The lowest BCUT2D eigenvalue weighted by molar-refractivity contribution is -0.113. The first-order valence-electron chi connectivity index (χ1n) is 9.62. The van der Waals surface area contributed by atoms with Crippen molar-refractivity contribution in [3.05, 3.63) is 47.7 Å². The Balaban J connectivity index is 1.75. The van der Waals surface area contributed by atoms with Crippen molar-refractivity contribution in [2.75, 3.05) is 30.0 Å². The molecule has 170 valence electrons. The molecule has 0 saturated heterocycles. The molecule has 3 aromatic rings. The van der Waals surface area contributed by atoms with Gasteiger partial charge in [0.2, 0.25) is 21.1 Å². The zero-order valence-corrected chi connectivity index (χ0v) is 19.8. The Labute approximate surface area is 195 Å². The third-order valence-electron chi connectivity index (χ3n) is 4.47. The molecule has 0 aliphatic rings. The molecule has 1 amide bonds. The van der Waals surface area contributed by atoms with Gasteiger partial charge in [-0.3, -0.25) is 4.79 Å². The number of benzene rings is 1. The van der Waals surface area contributed by atoms with Crippen molar-refractivity contribution < 1.29 is 13.2 Å². The molecule has 10 nitrogen and oxygen atoms in total. The monoisotopic (exact) mass is 495 g/mol. The number of pyridine rings is 1. The van der Waals surface area contributed by atoms with Gasteiger partial charge in [0, 0.05) is 24.8 Å². The highest BCUT2D eigenvalue weighted by atomic mass is 35.5. The minimum absolute atomic E-state index is 0.0108. The Morgan fingerprint density at radius 3 is 2.66 bits per heavy atom. The number of nitrogens with zero attached hydrogens (tertiary/aromatic N) is 5. The summed E-state index contributed by atoms with van der Waals surface area (Å²) in [6.07, 6.45) is 1.52. The SMILES string of the molecule is CCN(CC)S(=O)(=O)c1cccc(-c2nnc(SCC(=O)Nc3cccnc3Cl)n2N)c1. The average molecular weight is 496 g/mol. The van der Waals surface area contributed by atoms with Crippen molar-refractivity contribution in [2.24, 2.45) is 0 Å². The summed E-state index contributed by atoms with van der Waals surface area (Å²) in [5.74, 6) is 6.09. The Hall–Kier alpha value is -2.67. The van der Waals surface area contributed by atoms with Gasteiger partial charge < -0.3 is 11.2 Å². The lowest BCUT2D eigenvalue weighted by atomic mass is 10.2. The van der Waals surface area contributed by atoms with Gasteiger partial charge in [-0.1, -0.05) is 49.3 Å². The number of halogens is 1. The third kappa shape index (κ3) is 5.21. The van der Waals surface area contributed by atoms with Crippen molar-refractivity contribution in [1.82, 2.24) is 24.2 Å². The molecule has 3 N–H and O–H groups in total. The van der Waals surface area contributed by atoms with Crippen LogP contribution in [0.4, 0.5) is 5.69 Å². The predicted octanol–water partition coefficient (Wildman–Crippen LogP) is 2.47. The van der Waals surface area contributed by atoms with Gasteiger partial charge in [-0.05, 0) is 24.3 Å². The van der Waals surface area contributed by atoms with Crippen LogP contribution in [0.5, 0.6) is 0 Å². The molecule has 0 spiro atoms. The fraction of sp³-hybridized carbons (Fsp3) is 0.263.